The van der Waals surface area contributed by atoms with E-state index in [0.29, 0.717) is 17.1 Å². The van der Waals surface area contributed by atoms with Crippen LogP contribution in [0.15, 0.2) is 42.5 Å². The van der Waals surface area contributed by atoms with Crippen LogP contribution in [-0.4, -0.2) is 41.1 Å². The van der Waals surface area contributed by atoms with Gasteiger partial charge in [0.2, 0.25) is 11.8 Å². The van der Waals surface area contributed by atoms with E-state index in [9.17, 15) is 19.2 Å². The molecule has 5 rings (SSSR count). The molecular formula is C24H18Cl4N2O5. The Bertz CT molecular complexity index is 1220. The van der Waals surface area contributed by atoms with Crippen LogP contribution in [0.4, 0.5) is 11.4 Å². The van der Waals surface area contributed by atoms with Crippen LogP contribution in [0.25, 0.3) is 0 Å². The molecule has 3 aliphatic rings. The summed E-state index contributed by atoms with van der Waals surface area (Å²) in [6, 6.07) is 10.5. The zero-order chi connectivity index (χ0) is 25.0. The number of nitrogens with zero attached hydrogens (tertiary/aromatic N) is 1. The highest BCUT2D eigenvalue weighted by atomic mass is 35.5. The third-order valence-electron chi connectivity index (χ3n) is 6.87. The largest absolute Gasteiger partial charge is 0.452 e. The Morgan fingerprint density at radius 2 is 1.63 bits per heavy atom. The Balaban J connectivity index is 1.26. The molecule has 6 atom stereocenters. The van der Waals surface area contributed by atoms with Crippen molar-refractivity contribution >= 4 is 81.5 Å². The summed E-state index contributed by atoms with van der Waals surface area (Å²) in [5.41, 5.74) is 0.673. The minimum Gasteiger partial charge on any atom is -0.452 e. The second kappa shape index (κ2) is 9.28. The minimum atomic E-state index is -0.787. The molecule has 1 N–H and O–H groups in total. The second-order valence-electron chi connectivity index (χ2n) is 8.81. The van der Waals surface area contributed by atoms with E-state index in [4.69, 9.17) is 51.1 Å². The van der Waals surface area contributed by atoms with Crippen LogP contribution in [-0.2, 0) is 19.1 Å². The summed E-state index contributed by atoms with van der Waals surface area (Å²) in [6.07, 6.45) is 0.665. The van der Waals surface area contributed by atoms with Crippen molar-refractivity contribution < 1.29 is 23.9 Å². The molecule has 2 aromatic carbocycles. The lowest BCUT2D eigenvalue weighted by molar-refractivity contribution is -0.123. The molecule has 11 heteroatoms. The van der Waals surface area contributed by atoms with Gasteiger partial charge in [0.25, 0.3) is 5.91 Å². The van der Waals surface area contributed by atoms with Crippen molar-refractivity contribution in [1.82, 2.24) is 0 Å². The molecule has 2 saturated carbocycles. The van der Waals surface area contributed by atoms with E-state index < -0.39 is 30.3 Å². The summed E-state index contributed by atoms with van der Waals surface area (Å²) < 4.78 is 5.10. The molecule has 1 aliphatic heterocycles. The van der Waals surface area contributed by atoms with Gasteiger partial charge in [-0.25, -0.2) is 4.79 Å². The molecule has 0 aromatic heterocycles. The summed E-state index contributed by atoms with van der Waals surface area (Å²) >= 11 is 24.7. The van der Waals surface area contributed by atoms with E-state index >= 15 is 0 Å². The molecule has 0 spiro atoms. The summed E-state index contributed by atoms with van der Waals surface area (Å²) in [5, 5.41) is 2.48. The fourth-order valence-electron chi connectivity index (χ4n) is 5.37. The molecule has 3 fully saturated rings. The topological polar surface area (TPSA) is 92.8 Å². The Morgan fingerprint density at radius 1 is 0.971 bits per heavy atom. The van der Waals surface area contributed by atoms with Crippen LogP contribution in [0, 0.1) is 23.7 Å². The van der Waals surface area contributed by atoms with Gasteiger partial charge < -0.3 is 10.1 Å². The van der Waals surface area contributed by atoms with Crippen molar-refractivity contribution in [1.29, 1.82) is 0 Å². The Morgan fingerprint density at radius 3 is 2.26 bits per heavy atom. The second-order valence-corrected chi connectivity index (χ2v) is 10.7. The number of alkyl halides is 2. The van der Waals surface area contributed by atoms with Crippen molar-refractivity contribution in [3.63, 3.8) is 0 Å². The van der Waals surface area contributed by atoms with Gasteiger partial charge in [0.15, 0.2) is 6.61 Å². The number of nitrogens with one attached hydrogen (secondary N) is 1. The summed E-state index contributed by atoms with van der Waals surface area (Å²) in [4.78, 5) is 52.2. The number of amides is 3. The fraction of sp³-hybridized carbons (Fsp3) is 0.333. The number of fused-ring (bicyclic) bond motifs is 5. The van der Waals surface area contributed by atoms with Crippen LogP contribution in [0.3, 0.4) is 0 Å². The van der Waals surface area contributed by atoms with Crippen LogP contribution in [0.1, 0.15) is 16.8 Å². The lowest BCUT2D eigenvalue weighted by atomic mass is 9.80. The molecule has 7 nitrogen and oxygen atoms in total. The number of benzene rings is 2. The SMILES string of the molecule is O=C(COC(=O)c1cccc(N2C(=O)[C@@H]3[C@H]4C[C@@H]([C@H](Cl)[C@H]4Cl)[C@H]3C2=O)c1)Nc1ccc(Cl)cc1Cl. The van der Waals surface area contributed by atoms with Crippen LogP contribution in [0.2, 0.25) is 10.0 Å². The van der Waals surface area contributed by atoms with Crippen molar-refractivity contribution in [2.75, 3.05) is 16.8 Å². The molecule has 2 aliphatic carbocycles. The molecule has 1 heterocycles. The Labute approximate surface area is 220 Å². The number of imide groups is 1. The lowest BCUT2D eigenvalue weighted by Crippen LogP contribution is -2.37. The first-order valence-electron chi connectivity index (χ1n) is 10.9. The molecule has 182 valence electrons. The molecule has 1 saturated heterocycles. The maximum atomic E-state index is 13.2. The molecule has 0 unspecified atom stereocenters. The first-order chi connectivity index (χ1) is 16.7. The molecule has 0 radical (unpaired) electrons. The number of halogens is 4. The average Bonchev–Trinajstić information content (AvgIpc) is 3.44. The number of esters is 1. The average molecular weight is 556 g/mol. The van der Waals surface area contributed by atoms with Gasteiger partial charge in [-0.05, 0) is 54.7 Å². The quantitative estimate of drug-likeness (QED) is 0.326. The number of carbonyl (C=O) groups is 4. The van der Waals surface area contributed by atoms with Gasteiger partial charge in [-0.15, -0.1) is 23.2 Å². The highest BCUT2D eigenvalue weighted by molar-refractivity contribution is 6.36. The minimum absolute atomic E-state index is 0.0888. The standard InChI is InChI=1S/C24H18Cl4N2O5/c25-11-4-5-16(15(26)7-11)29-17(31)9-35-24(34)10-2-1-3-12(6-10)30-22(32)18-13-8-14(19(18)23(30)33)21(28)20(13)27/h1-7,13-14,18-21H,8-9H2,(H,29,31)/t13-,14-,18-,19-,20+,21+/m1/s1. The van der Waals surface area contributed by atoms with E-state index in [1.165, 1.54) is 30.3 Å². The first kappa shape index (κ1) is 24.4. The van der Waals surface area contributed by atoms with Crippen molar-refractivity contribution in [2.24, 2.45) is 23.7 Å². The molecule has 2 bridgehead atoms. The maximum absolute atomic E-state index is 13.2. The van der Waals surface area contributed by atoms with E-state index in [-0.39, 0.29) is 50.7 Å². The van der Waals surface area contributed by atoms with Gasteiger partial charge in [0, 0.05) is 5.02 Å². The number of hydrogen-bond acceptors (Lipinski definition) is 5. The zero-order valence-corrected chi connectivity index (χ0v) is 20.9. The monoisotopic (exact) mass is 554 g/mol. The summed E-state index contributed by atoms with van der Waals surface area (Å²) in [6.45, 7) is -0.564. The predicted octanol–water partition coefficient (Wildman–Crippen LogP) is 4.76. The van der Waals surface area contributed by atoms with Gasteiger partial charge in [0.05, 0.1) is 44.6 Å². The van der Waals surface area contributed by atoms with E-state index in [1.54, 1.807) is 12.1 Å². The zero-order valence-electron chi connectivity index (χ0n) is 17.9. The van der Waals surface area contributed by atoms with E-state index in [1.807, 2.05) is 0 Å². The Hall–Kier alpha value is -2.32. The van der Waals surface area contributed by atoms with Gasteiger partial charge in [-0.2, -0.15) is 0 Å². The van der Waals surface area contributed by atoms with E-state index in [0.717, 1.165) is 4.90 Å². The number of hydrogen-bond donors (Lipinski definition) is 1. The van der Waals surface area contributed by atoms with Crippen molar-refractivity contribution in [3.8, 4) is 0 Å². The van der Waals surface area contributed by atoms with Crippen LogP contribution >= 0.6 is 46.4 Å². The number of rotatable bonds is 5. The smallest absolute Gasteiger partial charge is 0.338 e. The highest BCUT2D eigenvalue weighted by Crippen LogP contribution is 2.59. The van der Waals surface area contributed by atoms with E-state index in [2.05, 4.69) is 5.32 Å². The third-order valence-corrected chi connectivity index (χ3v) is 8.73. The van der Waals surface area contributed by atoms with Crippen LogP contribution < -0.4 is 10.2 Å². The molecule has 35 heavy (non-hydrogen) atoms. The first-order valence-corrected chi connectivity index (χ1v) is 12.5. The normalized spacial score (nSPS) is 28.9. The fourth-order valence-corrected chi connectivity index (χ4v) is 6.72. The summed E-state index contributed by atoms with van der Waals surface area (Å²) in [7, 11) is 0. The maximum Gasteiger partial charge on any atom is 0.338 e. The molecule has 3 amide bonds. The van der Waals surface area contributed by atoms with Gasteiger partial charge >= 0.3 is 5.97 Å². The lowest BCUT2D eigenvalue weighted by Gasteiger charge is -2.28. The van der Waals surface area contributed by atoms with Gasteiger partial charge in [0.1, 0.15) is 0 Å². The third kappa shape index (κ3) is 4.18. The van der Waals surface area contributed by atoms with Crippen molar-refractivity contribution in [2.45, 2.75) is 17.2 Å². The number of anilines is 2. The van der Waals surface area contributed by atoms with Gasteiger partial charge in [-0.1, -0.05) is 29.3 Å². The molecular weight excluding hydrogens is 538 g/mol. The summed E-state index contributed by atoms with van der Waals surface area (Å²) in [5.74, 6) is -3.32. The number of ether oxygens (including phenoxy) is 1. The molecule has 2 aromatic rings. The predicted molar refractivity (Wildman–Crippen MR) is 132 cm³/mol. The van der Waals surface area contributed by atoms with Gasteiger partial charge in [-0.3, -0.25) is 19.3 Å². The Kier molecular flexibility index (Phi) is 6.46. The number of carbonyl (C=O) groups excluding carboxylic acids is 4. The van der Waals surface area contributed by atoms with Crippen molar-refractivity contribution in [3.05, 3.63) is 58.1 Å². The highest BCUT2D eigenvalue weighted by Gasteiger charge is 2.66. The van der Waals surface area contributed by atoms with Crippen LogP contribution in [0.5, 0.6) is 0 Å².